The molecule has 0 bridgehead atoms. The first-order chi connectivity index (χ1) is 9.00. The molecule has 0 saturated heterocycles. The Kier molecular flexibility index (Phi) is 2.19. The zero-order chi connectivity index (χ0) is 13.7. The molecule has 0 spiro atoms. The smallest absolute Gasteiger partial charge is 0.208 e. The fourth-order valence-corrected chi connectivity index (χ4v) is 2.15. The molecule has 0 radical (unpaired) electrons. The highest BCUT2D eigenvalue weighted by Crippen LogP contribution is 2.36. The molecule has 0 aliphatic carbocycles. The predicted octanol–water partition coefficient (Wildman–Crippen LogP) is 2.37. The minimum atomic E-state index is -0.581. The molecule has 19 heavy (non-hydrogen) atoms. The molecule has 3 rings (SSSR count). The maximum Gasteiger partial charge on any atom is 0.208 e. The molecule has 3 N–H and O–H groups in total. The van der Waals surface area contributed by atoms with Crippen molar-refractivity contribution in [1.82, 2.24) is 0 Å². The van der Waals surface area contributed by atoms with Crippen LogP contribution in [0.25, 0.3) is 21.9 Å². The van der Waals surface area contributed by atoms with E-state index in [-0.39, 0.29) is 39.2 Å². The fraction of sp³-hybridized carbons (Fsp3) is 0.0714. The van der Waals surface area contributed by atoms with Gasteiger partial charge in [-0.25, -0.2) is 0 Å². The van der Waals surface area contributed by atoms with Gasteiger partial charge in [0.15, 0.2) is 11.3 Å². The zero-order valence-corrected chi connectivity index (χ0v) is 9.97. The third kappa shape index (κ3) is 1.45. The summed E-state index contributed by atoms with van der Waals surface area (Å²) in [5.74, 6) is -0.716. The molecule has 0 aliphatic heterocycles. The first-order valence-electron chi connectivity index (χ1n) is 5.60. The van der Waals surface area contributed by atoms with Crippen molar-refractivity contribution in [3.8, 4) is 17.2 Å². The Labute approximate surface area is 107 Å². The molecule has 1 heterocycles. The normalized spacial score (nSPS) is 11.2. The Bertz CT molecular complexity index is 877. The number of benzene rings is 2. The molecule has 1 aromatic heterocycles. The lowest BCUT2D eigenvalue weighted by molar-refractivity contribution is 0.453. The topological polar surface area (TPSA) is 90.9 Å². The van der Waals surface area contributed by atoms with E-state index in [1.54, 1.807) is 6.92 Å². The third-order valence-electron chi connectivity index (χ3n) is 3.10. The molecule has 0 saturated carbocycles. The van der Waals surface area contributed by atoms with Crippen LogP contribution >= 0.6 is 0 Å². The molecule has 0 aliphatic rings. The van der Waals surface area contributed by atoms with Crippen molar-refractivity contribution in [3.05, 3.63) is 40.1 Å². The van der Waals surface area contributed by atoms with Crippen LogP contribution in [0.1, 0.15) is 5.56 Å². The average Bonchev–Trinajstić information content (AvgIpc) is 2.35. The fourth-order valence-electron chi connectivity index (χ4n) is 2.15. The molecule has 96 valence electrons. The monoisotopic (exact) mass is 258 g/mol. The zero-order valence-electron chi connectivity index (χ0n) is 9.97. The van der Waals surface area contributed by atoms with Gasteiger partial charge in [0.25, 0.3) is 0 Å². The van der Waals surface area contributed by atoms with Gasteiger partial charge in [-0.3, -0.25) is 4.79 Å². The summed E-state index contributed by atoms with van der Waals surface area (Å²) in [5, 5.41) is 29.3. The predicted molar refractivity (Wildman–Crippen MR) is 69.7 cm³/mol. The van der Waals surface area contributed by atoms with E-state index in [1.165, 1.54) is 24.3 Å². The number of hydrogen-bond donors (Lipinski definition) is 3. The Balaban J connectivity index is 2.70. The van der Waals surface area contributed by atoms with Crippen molar-refractivity contribution in [2.45, 2.75) is 6.92 Å². The second-order valence-electron chi connectivity index (χ2n) is 4.35. The minimum Gasteiger partial charge on any atom is -0.507 e. The van der Waals surface area contributed by atoms with Crippen LogP contribution < -0.4 is 5.43 Å². The van der Waals surface area contributed by atoms with Crippen LogP contribution in [0.3, 0.4) is 0 Å². The standard InChI is InChI=1S/C14H10O5/c1-6-5-8(16)11-13(18)10-7(15)3-2-4-9(10)19-14(11)12(6)17/h2-5,15-17H,1H3. The summed E-state index contributed by atoms with van der Waals surface area (Å²) in [6.45, 7) is 1.58. The average molecular weight is 258 g/mol. The van der Waals surface area contributed by atoms with Gasteiger partial charge in [0.05, 0.1) is 0 Å². The molecule has 0 atom stereocenters. The quantitative estimate of drug-likeness (QED) is 0.425. The molecule has 0 amide bonds. The summed E-state index contributed by atoms with van der Waals surface area (Å²) in [4.78, 5) is 12.3. The lowest BCUT2D eigenvalue weighted by Gasteiger charge is -2.07. The van der Waals surface area contributed by atoms with Crippen LogP contribution in [0.4, 0.5) is 0 Å². The van der Waals surface area contributed by atoms with Gasteiger partial charge >= 0.3 is 0 Å². The second kappa shape index (κ2) is 3.65. The van der Waals surface area contributed by atoms with Gasteiger partial charge in [-0.1, -0.05) is 6.07 Å². The lowest BCUT2D eigenvalue weighted by Crippen LogP contribution is -2.03. The summed E-state index contributed by atoms with van der Waals surface area (Å²) in [7, 11) is 0. The number of aryl methyl sites for hydroxylation is 1. The van der Waals surface area contributed by atoms with Crippen LogP contribution in [-0.2, 0) is 0 Å². The van der Waals surface area contributed by atoms with Crippen molar-refractivity contribution < 1.29 is 19.7 Å². The van der Waals surface area contributed by atoms with E-state index in [9.17, 15) is 20.1 Å². The van der Waals surface area contributed by atoms with E-state index < -0.39 is 5.43 Å². The van der Waals surface area contributed by atoms with Gasteiger partial charge in [0.2, 0.25) is 5.43 Å². The maximum atomic E-state index is 12.3. The van der Waals surface area contributed by atoms with Gasteiger partial charge in [0, 0.05) is 0 Å². The van der Waals surface area contributed by atoms with Crippen LogP contribution in [0.5, 0.6) is 17.2 Å². The van der Waals surface area contributed by atoms with Crippen LogP contribution in [0, 0.1) is 6.92 Å². The first-order valence-corrected chi connectivity index (χ1v) is 5.60. The van der Waals surface area contributed by atoms with E-state index in [0.29, 0.717) is 5.56 Å². The van der Waals surface area contributed by atoms with Gasteiger partial charge in [0.1, 0.15) is 27.9 Å². The number of rotatable bonds is 0. The highest BCUT2D eigenvalue weighted by Gasteiger charge is 2.18. The van der Waals surface area contributed by atoms with Crippen LogP contribution in [-0.4, -0.2) is 15.3 Å². The summed E-state index contributed by atoms with van der Waals surface area (Å²) in [6.07, 6.45) is 0. The van der Waals surface area contributed by atoms with Gasteiger partial charge in [-0.15, -0.1) is 0 Å². The van der Waals surface area contributed by atoms with Crippen molar-refractivity contribution in [3.63, 3.8) is 0 Å². The summed E-state index contributed by atoms with van der Waals surface area (Å²) in [6, 6.07) is 5.67. The Morgan fingerprint density at radius 2 is 1.79 bits per heavy atom. The summed E-state index contributed by atoms with van der Waals surface area (Å²) < 4.78 is 5.43. The molecular formula is C14H10O5. The lowest BCUT2D eigenvalue weighted by atomic mass is 10.1. The Morgan fingerprint density at radius 1 is 1.05 bits per heavy atom. The van der Waals surface area contributed by atoms with Crippen molar-refractivity contribution >= 4 is 21.9 Å². The van der Waals surface area contributed by atoms with Gasteiger partial charge in [-0.05, 0) is 30.7 Å². The number of fused-ring (bicyclic) bond motifs is 2. The van der Waals surface area contributed by atoms with E-state index in [0.717, 1.165) is 0 Å². The molecule has 5 heteroatoms. The maximum absolute atomic E-state index is 12.3. The Hall–Kier alpha value is -2.69. The highest BCUT2D eigenvalue weighted by molar-refractivity contribution is 5.98. The van der Waals surface area contributed by atoms with E-state index in [2.05, 4.69) is 0 Å². The number of phenols is 3. The van der Waals surface area contributed by atoms with E-state index in [1.807, 2.05) is 0 Å². The van der Waals surface area contributed by atoms with E-state index in [4.69, 9.17) is 4.42 Å². The summed E-state index contributed by atoms with van der Waals surface area (Å²) in [5.41, 5.74) is -0.117. The van der Waals surface area contributed by atoms with Crippen molar-refractivity contribution in [2.75, 3.05) is 0 Å². The van der Waals surface area contributed by atoms with Crippen molar-refractivity contribution in [1.29, 1.82) is 0 Å². The van der Waals surface area contributed by atoms with Gasteiger partial charge < -0.3 is 19.7 Å². The molecular weight excluding hydrogens is 248 g/mol. The Morgan fingerprint density at radius 3 is 2.53 bits per heavy atom. The van der Waals surface area contributed by atoms with Gasteiger partial charge in [-0.2, -0.15) is 0 Å². The van der Waals surface area contributed by atoms with Crippen LogP contribution in [0.2, 0.25) is 0 Å². The first kappa shape index (κ1) is 11.4. The molecule has 0 fully saturated rings. The molecule has 5 nitrogen and oxygen atoms in total. The number of aromatic hydroxyl groups is 3. The van der Waals surface area contributed by atoms with Crippen LogP contribution in [0.15, 0.2) is 33.5 Å². The molecule has 0 unspecified atom stereocenters. The largest absolute Gasteiger partial charge is 0.507 e. The minimum absolute atomic E-state index is 0.0199. The molecule has 2 aromatic carbocycles. The highest BCUT2D eigenvalue weighted by atomic mass is 16.4. The third-order valence-corrected chi connectivity index (χ3v) is 3.10. The van der Waals surface area contributed by atoms with Crippen molar-refractivity contribution in [2.24, 2.45) is 0 Å². The van der Waals surface area contributed by atoms with E-state index >= 15 is 0 Å². The molecule has 3 aromatic rings. The number of hydrogen-bond acceptors (Lipinski definition) is 5. The summed E-state index contributed by atoms with van der Waals surface area (Å²) >= 11 is 0. The number of phenolic OH excluding ortho intramolecular Hbond substituents is 3. The second-order valence-corrected chi connectivity index (χ2v) is 4.35. The SMILES string of the molecule is Cc1cc(O)c2c(=O)c3c(O)cccc3oc2c1O.